The minimum absolute atomic E-state index is 0.00145. The van der Waals surface area contributed by atoms with Crippen LogP contribution in [0.4, 0.5) is 11.4 Å². The van der Waals surface area contributed by atoms with Crippen LogP contribution >= 0.6 is 0 Å². The summed E-state index contributed by atoms with van der Waals surface area (Å²) < 4.78 is 10.4. The monoisotopic (exact) mass is 355 g/mol. The summed E-state index contributed by atoms with van der Waals surface area (Å²) in [5.74, 6) is -0.0150. The molecule has 2 aromatic rings. The molecule has 0 unspecified atom stereocenters. The van der Waals surface area contributed by atoms with Gasteiger partial charge >= 0.3 is 0 Å². The molecule has 8 heteroatoms. The molecule has 1 aliphatic heterocycles. The van der Waals surface area contributed by atoms with Crippen molar-refractivity contribution in [3.8, 4) is 11.5 Å². The summed E-state index contributed by atoms with van der Waals surface area (Å²) >= 11 is 0. The van der Waals surface area contributed by atoms with Gasteiger partial charge in [0.05, 0.1) is 31.9 Å². The predicted molar refractivity (Wildman–Crippen MR) is 94.9 cm³/mol. The van der Waals surface area contributed by atoms with Gasteiger partial charge in [0.15, 0.2) is 0 Å². The number of imide groups is 1. The highest BCUT2D eigenvalue weighted by atomic mass is 16.5. The van der Waals surface area contributed by atoms with E-state index in [0.29, 0.717) is 28.4 Å². The first-order valence-corrected chi connectivity index (χ1v) is 7.76. The highest BCUT2D eigenvalue weighted by molar-refractivity contribution is 6.22. The summed E-state index contributed by atoms with van der Waals surface area (Å²) in [5.41, 5.74) is 1.65. The smallest absolute Gasteiger partial charge is 0.259 e. The Kier molecular flexibility index (Phi) is 4.74. The van der Waals surface area contributed by atoms with Gasteiger partial charge < -0.3 is 20.1 Å². The topological polar surface area (TPSA) is 106 Å². The second-order valence-electron chi connectivity index (χ2n) is 5.55. The van der Waals surface area contributed by atoms with Crippen molar-refractivity contribution in [2.75, 3.05) is 31.4 Å². The first kappa shape index (κ1) is 17.3. The van der Waals surface area contributed by atoms with Gasteiger partial charge in [-0.1, -0.05) is 0 Å². The van der Waals surface area contributed by atoms with Gasteiger partial charge in [0.2, 0.25) is 5.91 Å². The van der Waals surface area contributed by atoms with E-state index in [2.05, 4.69) is 16.0 Å². The Morgan fingerprint density at radius 3 is 2.23 bits per heavy atom. The lowest BCUT2D eigenvalue weighted by molar-refractivity contribution is -0.114. The molecule has 0 spiro atoms. The van der Waals surface area contributed by atoms with E-state index in [-0.39, 0.29) is 18.0 Å². The normalized spacial score (nSPS) is 12.2. The average Bonchev–Trinajstić information content (AvgIpc) is 2.93. The lowest BCUT2D eigenvalue weighted by atomic mass is 10.1. The second kappa shape index (κ2) is 7.14. The molecule has 0 atom stereocenters. The predicted octanol–water partition coefficient (Wildman–Crippen LogP) is 1.64. The fourth-order valence-electron chi connectivity index (χ4n) is 2.54. The molecule has 3 N–H and O–H groups in total. The average molecular weight is 355 g/mol. The number of carbonyl (C=O) groups excluding carboxylic acids is 3. The number of carbonyl (C=O) groups is 3. The SMILES string of the molecule is COc1cc(NCC(=O)Nc2ccc3c(c2)C(=O)NC3=O)cc(OC)c1. The number of amides is 3. The van der Waals surface area contributed by atoms with Gasteiger partial charge in [-0.05, 0) is 18.2 Å². The third-order valence-corrected chi connectivity index (χ3v) is 3.82. The Morgan fingerprint density at radius 1 is 0.923 bits per heavy atom. The Hall–Kier alpha value is -3.55. The molecular formula is C18H17N3O5. The number of benzene rings is 2. The zero-order valence-corrected chi connectivity index (χ0v) is 14.2. The highest BCUT2D eigenvalue weighted by Crippen LogP contribution is 2.25. The quantitative estimate of drug-likeness (QED) is 0.680. The molecule has 134 valence electrons. The second-order valence-corrected chi connectivity index (χ2v) is 5.55. The van der Waals surface area contributed by atoms with Crippen molar-refractivity contribution in [3.63, 3.8) is 0 Å². The largest absolute Gasteiger partial charge is 0.497 e. The zero-order valence-electron chi connectivity index (χ0n) is 14.2. The molecule has 0 saturated carbocycles. The molecule has 0 aromatic heterocycles. The van der Waals surface area contributed by atoms with Gasteiger partial charge in [0.1, 0.15) is 11.5 Å². The van der Waals surface area contributed by atoms with Crippen molar-refractivity contribution in [2.45, 2.75) is 0 Å². The van der Waals surface area contributed by atoms with E-state index in [1.54, 1.807) is 38.5 Å². The number of ether oxygens (including phenoxy) is 2. The van der Waals surface area contributed by atoms with Crippen LogP contribution < -0.4 is 25.4 Å². The third kappa shape index (κ3) is 3.59. The highest BCUT2D eigenvalue weighted by Gasteiger charge is 2.26. The first-order valence-electron chi connectivity index (χ1n) is 7.76. The Morgan fingerprint density at radius 2 is 1.58 bits per heavy atom. The number of anilines is 2. The minimum atomic E-state index is -0.470. The van der Waals surface area contributed by atoms with Crippen LogP contribution in [-0.4, -0.2) is 38.5 Å². The van der Waals surface area contributed by atoms with E-state index < -0.39 is 11.8 Å². The number of rotatable bonds is 6. The molecule has 26 heavy (non-hydrogen) atoms. The Labute approximate surface area is 149 Å². The summed E-state index contributed by atoms with van der Waals surface area (Å²) in [5, 5.41) is 7.86. The molecule has 2 aromatic carbocycles. The fraction of sp³-hybridized carbons (Fsp3) is 0.167. The van der Waals surface area contributed by atoms with Crippen molar-refractivity contribution < 1.29 is 23.9 Å². The van der Waals surface area contributed by atoms with Gasteiger partial charge in [-0.2, -0.15) is 0 Å². The van der Waals surface area contributed by atoms with E-state index in [4.69, 9.17) is 9.47 Å². The molecule has 3 rings (SSSR count). The minimum Gasteiger partial charge on any atom is -0.497 e. The number of fused-ring (bicyclic) bond motifs is 1. The van der Waals surface area contributed by atoms with E-state index in [1.807, 2.05) is 0 Å². The summed E-state index contributed by atoms with van der Waals surface area (Å²) in [7, 11) is 3.08. The van der Waals surface area contributed by atoms with Crippen LogP contribution in [-0.2, 0) is 4.79 Å². The van der Waals surface area contributed by atoms with E-state index in [9.17, 15) is 14.4 Å². The number of methoxy groups -OCH3 is 2. The molecule has 0 bridgehead atoms. The molecule has 8 nitrogen and oxygen atoms in total. The zero-order chi connectivity index (χ0) is 18.7. The van der Waals surface area contributed by atoms with Crippen LogP contribution in [0.15, 0.2) is 36.4 Å². The summed E-state index contributed by atoms with van der Waals surface area (Å²) in [4.78, 5) is 35.3. The molecular weight excluding hydrogens is 338 g/mol. The first-order chi connectivity index (χ1) is 12.5. The Bertz CT molecular complexity index is 872. The lowest BCUT2D eigenvalue weighted by Crippen LogP contribution is -2.22. The molecule has 1 heterocycles. The van der Waals surface area contributed by atoms with Crippen molar-refractivity contribution in [1.29, 1.82) is 0 Å². The number of hydrogen-bond acceptors (Lipinski definition) is 6. The van der Waals surface area contributed by atoms with Crippen LogP contribution in [0.3, 0.4) is 0 Å². The standard InChI is InChI=1S/C18H17N3O5/c1-25-12-5-11(6-13(8-12)26-2)19-9-16(22)20-10-3-4-14-15(7-10)18(24)21-17(14)23/h3-8,19H,9H2,1-2H3,(H,20,22)(H,21,23,24). The number of hydrogen-bond donors (Lipinski definition) is 3. The van der Waals surface area contributed by atoms with Gasteiger partial charge in [-0.3, -0.25) is 19.7 Å². The maximum Gasteiger partial charge on any atom is 0.259 e. The Balaban J connectivity index is 1.64. The molecule has 0 fully saturated rings. The summed E-state index contributed by atoms with van der Waals surface area (Å²) in [6.45, 7) is -0.00145. The maximum atomic E-state index is 12.1. The lowest BCUT2D eigenvalue weighted by Gasteiger charge is -2.11. The van der Waals surface area contributed by atoms with E-state index in [0.717, 1.165) is 0 Å². The van der Waals surface area contributed by atoms with Crippen LogP contribution in [0, 0.1) is 0 Å². The van der Waals surface area contributed by atoms with Crippen LogP contribution in [0.25, 0.3) is 0 Å². The molecule has 3 amide bonds. The number of nitrogens with one attached hydrogen (secondary N) is 3. The molecule has 1 aliphatic rings. The van der Waals surface area contributed by atoms with Crippen molar-refractivity contribution >= 4 is 29.1 Å². The fourth-order valence-corrected chi connectivity index (χ4v) is 2.54. The molecule has 0 saturated heterocycles. The summed E-state index contributed by atoms with van der Waals surface area (Å²) in [6.07, 6.45) is 0. The van der Waals surface area contributed by atoms with Gasteiger partial charge in [0, 0.05) is 29.6 Å². The van der Waals surface area contributed by atoms with Crippen LogP contribution in [0.2, 0.25) is 0 Å². The van der Waals surface area contributed by atoms with Crippen molar-refractivity contribution in [3.05, 3.63) is 47.5 Å². The van der Waals surface area contributed by atoms with Gasteiger partial charge in [-0.15, -0.1) is 0 Å². The van der Waals surface area contributed by atoms with Crippen LogP contribution in [0.1, 0.15) is 20.7 Å². The van der Waals surface area contributed by atoms with Gasteiger partial charge in [-0.25, -0.2) is 0 Å². The van der Waals surface area contributed by atoms with E-state index in [1.165, 1.54) is 12.1 Å². The molecule has 0 radical (unpaired) electrons. The van der Waals surface area contributed by atoms with Crippen LogP contribution in [0.5, 0.6) is 11.5 Å². The van der Waals surface area contributed by atoms with Crippen molar-refractivity contribution in [2.24, 2.45) is 0 Å². The van der Waals surface area contributed by atoms with Crippen molar-refractivity contribution in [1.82, 2.24) is 5.32 Å². The van der Waals surface area contributed by atoms with Gasteiger partial charge in [0.25, 0.3) is 11.8 Å². The van der Waals surface area contributed by atoms with E-state index >= 15 is 0 Å². The third-order valence-electron chi connectivity index (χ3n) is 3.82. The molecule has 0 aliphatic carbocycles. The maximum absolute atomic E-state index is 12.1. The summed E-state index contributed by atoms with van der Waals surface area (Å²) in [6, 6.07) is 9.75.